The third-order valence-corrected chi connectivity index (χ3v) is 5.24. The van der Waals surface area contributed by atoms with Gasteiger partial charge >= 0.3 is 12.1 Å². The van der Waals surface area contributed by atoms with E-state index in [2.05, 4.69) is 5.32 Å². The highest BCUT2D eigenvalue weighted by molar-refractivity contribution is 6.00. The van der Waals surface area contributed by atoms with E-state index in [9.17, 15) is 24.0 Å². The first-order valence-corrected chi connectivity index (χ1v) is 11.6. The molecule has 1 saturated heterocycles. The van der Waals surface area contributed by atoms with Crippen molar-refractivity contribution in [2.45, 2.75) is 71.4 Å². The van der Waals surface area contributed by atoms with E-state index in [0.717, 1.165) is 10.5 Å². The van der Waals surface area contributed by atoms with Gasteiger partial charge in [0, 0.05) is 18.8 Å². The molecule has 0 spiro atoms. The quantitative estimate of drug-likeness (QED) is 0.518. The monoisotopic (exact) mass is 474 g/mol. The molecule has 1 aliphatic rings. The molecule has 34 heavy (non-hydrogen) atoms. The number of carbonyl (C=O) groups excluding carboxylic acids is 5. The van der Waals surface area contributed by atoms with Crippen molar-refractivity contribution in [2.75, 3.05) is 13.2 Å². The third-order valence-electron chi connectivity index (χ3n) is 5.24. The van der Waals surface area contributed by atoms with E-state index in [-0.39, 0.29) is 44.1 Å². The highest BCUT2D eigenvalue weighted by Crippen LogP contribution is 2.31. The van der Waals surface area contributed by atoms with Gasteiger partial charge in [0.05, 0.1) is 13.2 Å². The number of nitrogens with zero attached hydrogens (tertiary/aromatic N) is 1. The van der Waals surface area contributed by atoms with E-state index in [1.165, 1.54) is 0 Å². The number of carbonyl (C=O) groups is 5. The fraction of sp³-hybridized carbons (Fsp3) is 0.560. The number of rotatable bonds is 10. The maximum absolute atomic E-state index is 12.9. The van der Waals surface area contributed by atoms with Crippen LogP contribution in [-0.2, 0) is 35.1 Å². The summed E-state index contributed by atoms with van der Waals surface area (Å²) in [5.41, 5.74) is 0.0530. The minimum absolute atomic E-state index is 0.0621. The first-order valence-electron chi connectivity index (χ1n) is 11.6. The van der Waals surface area contributed by atoms with Gasteiger partial charge in [-0.25, -0.2) is 14.5 Å². The van der Waals surface area contributed by atoms with E-state index in [1.54, 1.807) is 27.7 Å². The molecule has 0 aromatic heterocycles. The van der Waals surface area contributed by atoms with Crippen molar-refractivity contribution in [3.8, 4) is 0 Å². The maximum atomic E-state index is 12.9. The van der Waals surface area contributed by atoms with Crippen LogP contribution in [0.3, 0.4) is 0 Å². The number of amides is 3. The summed E-state index contributed by atoms with van der Waals surface area (Å²) in [6.45, 7) is 6.72. The van der Waals surface area contributed by atoms with Crippen LogP contribution in [0.4, 0.5) is 4.79 Å². The highest BCUT2D eigenvalue weighted by atomic mass is 16.6. The SMILES string of the molecule is CCOC(=O)[C@@H]1CC(CCCC(=O)NCC(=O)Cc2ccccc2)C(=O)N1C(=O)OC(C)(C)C. The van der Waals surface area contributed by atoms with Gasteiger partial charge in [-0.05, 0) is 52.5 Å². The zero-order chi connectivity index (χ0) is 25.3. The normalized spacial score (nSPS) is 17.9. The Morgan fingerprint density at radius 3 is 2.41 bits per heavy atom. The lowest BCUT2D eigenvalue weighted by Gasteiger charge is -2.26. The van der Waals surface area contributed by atoms with Gasteiger partial charge in [-0.15, -0.1) is 0 Å². The Hall–Kier alpha value is -3.23. The van der Waals surface area contributed by atoms with Crippen LogP contribution in [0.25, 0.3) is 0 Å². The number of esters is 1. The average Bonchev–Trinajstić information content (AvgIpc) is 3.08. The van der Waals surface area contributed by atoms with E-state index in [0.29, 0.717) is 12.8 Å². The molecule has 0 bridgehead atoms. The largest absolute Gasteiger partial charge is 0.464 e. The summed E-state index contributed by atoms with van der Waals surface area (Å²) in [7, 11) is 0. The Bertz CT molecular complexity index is 892. The summed E-state index contributed by atoms with van der Waals surface area (Å²) in [5, 5.41) is 2.60. The van der Waals surface area contributed by atoms with Crippen LogP contribution in [0.1, 0.15) is 58.9 Å². The third kappa shape index (κ3) is 8.28. The molecule has 1 heterocycles. The molecule has 3 amide bonds. The van der Waals surface area contributed by atoms with Crippen molar-refractivity contribution in [2.24, 2.45) is 5.92 Å². The van der Waals surface area contributed by atoms with Crippen LogP contribution in [0, 0.1) is 5.92 Å². The van der Waals surface area contributed by atoms with Crippen LogP contribution in [0.2, 0.25) is 0 Å². The second-order valence-electron chi connectivity index (χ2n) is 9.26. The van der Waals surface area contributed by atoms with E-state index in [1.807, 2.05) is 30.3 Å². The molecule has 2 atom stereocenters. The zero-order valence-corrected chi connectivity index (χ0v) is 20.3. The predicted molar refractivity (Wildman–Crippen MR) is 124 cm³/mol. The van der Waals surface area contributed by atoms with E-state index in [4.69, 9.17) is 9.47 Å². The molecule has 0 radical (unpaired) electrons. The standard InChI is InChI=1S/C25H34N2O7/c1-5-33-23(31)20-15-18(22(30)27(20)24(32)34-25(2,3)4)12-9-13-21(29)26-16-19(28)14-17-10-7-6-8-11-17/h6-8,10-11,18,20H,5,9,12-16H2,1-4H3,(H,26,29)/t18?,20-/m0/s1. The molecule has 2 rings (SSSR count). The van der Waals surface area contributed by atoms with E-state index >= 15 is 0 Å². The number of imide groups is 1. The number of likely N-dealkylation sites (tertiary alicyclic amines) is 1. The highest BCUT2D eigenvalue weighted by Gasteiger charge is 2.48. The second-order valence-corrected chi connectivity index (χ2v) is 9.26. The van der Waals surface area contributed by atoms with Crippen LogP contribution in [0.5, 0.6) is 0 Å². The molecule has 1 aromatic carbocycles. The van der Waals surface area contributed by atoms with Gasteiger partial charge in [0.15, 0.2) is 5.78 Å². The lowest BCUT2D eigenvalue weighted by atomic mass is 9.98. The summed E-state index contributed by atoms with van der Waals surface area (Å²) in [4.78, 5) is 62.8. The Labute approximate surface area is 200 Å². The van der Waals surface area contributed by atoms with Gasteiger partial charge in [0.2, 0.25) is 11.8 Å². The summed E-state index contributed by atoms with van der Waals surface area (Å²) in [6, 6.07) is 8.22. The fourth-order valence-corrected chi connectivity index (χ4v) is 3.72. The van der Waals surface area contributed by atoms with Crippen LogP contribution in [-0.4, -0.2) is 59.4 Å². The smallest absolute Gasteiger partial charge is 0.417 e. The molecule has 0 saturated carbocycles. The number of hydrogen-bond acceptors (Lipinski definition) is 7. The Balaban J connectivity index is 1.85. The lowest BCUT2D eigenvalue weighted by Crippen LogP contribution is -2.46. The topological polar surface area (TPSA) is 119 Å². The van der Waals surface area contributed by atoms with Crippen molar-refractivity contribution < 1.29 is 33.4 Å². The van der Waals surface area contributed by atoms with Gasteiger partial charge in [-0.1, -0.05) is 30.3 Å². The number of hydrogen-bond donors (Lipinski definition) is 1. The van der Waals surface area contributed by atoms with Crippen molar-refractivity contribution >= 4 is 29.7 Å². The molecule has 0 aliphatic carbocycles. The Morgan fingerprint density at radius 1 is 1.12 bits per heavy atom. The summed E-state index contributed by atoms with van der Waals surface area (Å²) < 4.78 is 10.3. The zero-order valence-electron chi connectivity index (χ0n) is 20.3. The minimum Gasteiger partial charge on any atom is -0.464 e. The average molecular weight is 475 g/mol. The van der Waals surface area contributed by atoms with Crippen molar-refractivity contribution in [1.82, 2.24) is 10.2 Å². The van der Waals surface area contributed by atoms with E-state index < -0.39 is 35.5 Å². The maximum Gasteiger partial charge on any atom is 0.417 e. The first-order chi connectivity index (χ1) is 16.0. The van der Waals surface area contributed by atoms with Gasteiger partial charge in [0.1, 0.15) is 11.6 Å². The molecule has 186 valence electrons. The predicted octanol–water partition coefficient (Wildman–Crippen LogP) is 2.80. The molecule has 1 N–H and O–H groups in total. The lowest BCUT2D eigenvalue weighted by molar-refractivity contribution is -0.151. The van der Waals surface area contributed by atoms with Crippen molar-refractivity contribution in [1.29, 1.82) is 0 Å². The second kappa shape index (κ2) is 12.3. The number of ketones is 1. The molecule has 9 nitrogen and oxygen atoms in total. The van der Waals surface area contributed by atoms with Crippen LogP contribution >= 0.6 is 0 Å². The molecular formula is C25H34N2O7. The Morgan fingerprint density at radius 2 is 1.79 bits per heavy atom. The van der Waals surface area contributed by atoms with Crippen molar-refractivity contribution in [3.63, 3.8) is 0 Å². The van der Waals surface area contributed by atoms with Gasteiger partial charge in [-0.3, -0.25) is 14.4 Å². The van der Waals surface area contributed by atoms with Gasteiger partial charge in [0.25, 0.3) is 0 Å². The summed E-state index contributed by atoms with van der Waals surface area (Å²) >= 11 is 0. The first kappa shape index (κ1) is 27.0. The fourth-order valence-electron chi connectivity index (χ4n) is 3.72. The number of ether oxygens (including phenoxy) is 2. The summed E-state index contributed by atoms with van der Waals surface area (Å²) in [6.07, 6.45) is 0.292. The van der Waals surface area contributed by atoms with Crippen molar-refractivity contribution in [3.05, 3.63) is 35.9 Å². The Kier molecular flexibility index (Phi) is 9.77. The summed E-state index contributed by atoms with van der Waals surface area (Å²) in [5.74, 6) is -2.16. The van der Waals surface area contributed by atoms with Crippen LogP contribution < -0.4 is 5.32 Å². The molecular weight excluding hydrogens is 440 g/mol. The van der Waals surface area contributed by atoms with Gasteiger partial charge in [-0.2, -0.15) is 0 Å². The van der Waals surface area contributed by atoms with Gasteiger partial charge < -0.3 is 14.8 Å². The molecule has 1 aromatic rings. The molecule has 1 aliphatic heterocycles. The number of benzene rings is 1. The van der Waals surface area contributed by atoms with Crippen LogP contribution in [0.15, 0.2) is 30.3 Å². The molecule has 1 fully saturated rings. The molecule has 1 unspecified atom stereocenters. The number of Topliss-reactive ketones (excluding diaryl/α,β-unsaturated/α-hetero) is 1. The number of nitrogens with one attached hydrogen (secondary N) is 1. The molecule has 9 heteroatoms. The minimum atomic E-state index is -1.04.